The second kappa shape index (κ2) is 11.9. The van der Waals surface area contributed by atoms with E-state index in [4.69, 9.17) is 10.5 Å². The van der Waals surface area contributed by atoms with Crippen LogP contribution in [0.25, 0.3) is 11.1 Å². The number of aliphatic hydroxyl groups is 1. The van der Waals surface area contributed by atoms with Crippen molar-refractivity contribution in [3.8, 4) is 11.1 Å². The molecule has 0 aliphatic rings. The fourth-order valence-electron chi connectivity index (χ4n) is 3.52. The summed E-state index contributed by atoms with van der Waals surface area (Å²) in [6.45, 7) is 2.28. The third-order valence-corrected chi connectivity index (χ3v) is 5.36. The number of amides is 1. The number of ether oxygens (including phenoxy) is 1. The van der Waals surface area contributed by atoms with E-state index in [1.807, 2.05) is 55.5 Å². The molecule has 1 amide bonds. The van der Waals surface area contributed by atoms with Gasteiger partial charge in [0.1, 0.15) is 6.04 Å². The van der Waals surface area contributed by atoms with Gasteiger partial charge in [0, 0.05) is 13.0 Å². The predicted octanol–water partition coefficient (Wildman–Crippen LogP) is 3.26. The summed E-state index contributed by atoms with van der Waals surface area (Å²) in [7, 11) is 0. The SMILES string of the molecule is Cc1cccc(CN[C@@H](CCC(N)=O)C(=O)OC(=O)c2ccc(-c3cccc(CO)c3)cc2)c1. The van der Waals surface area contributed by atoms with Gasteiger partial charge in [0.15, 0.2) is 0 Å². The van der Waals surface area contributed by atoms with Crippen molar-refractivity contribution in [3.63, 3.8) is 0 Å². The zero-order chi connectivity index (χ0) is 24.5. The summed E-state index contributed by atoms with van der Waals surface area (Å²) in [6, 6.07) is 21.0. The molecule has 4 N–H and O–H groups in total. The van der Waals surface area contributed by atoms with Crippen molar-refractivity contribution in [2.75, 3.05) is 0 Å². The number of nitrogens with two attached hydrogens (primary N) is 1. The Morgan fingerprint density at radius 2 is 1.65 bits per heavy atom. The number of rotatable bonds is 10. The Morgan fingerprint density at radius 1 is 0.941 bits per heavy atom. The molecule has 7 heteroatoms. The van der Waals surface area contributed by atoms with E-state index >= 15 is 0 Å². The summed E-state index contributed by atoms with van der Waals surface area (Å²) in [4.78, 5) is 36.5. The number of benzene rings is 3. The Labute approximate surface area is 198 Å². The summed E-state index contributed by atoms with van der Waals surface area (Å²) < 4.78 is 5.10. The highest BCUT2D eigenvalue weighted by atomic mass is 16.6. The van der Waals surface area contributed by atoms with Crippen LogP contribution in [-0.2, 0) is 27.5 Å². The number of esters is 2. The molecular formula is C27H28N2O5. The van der Waals surface area contributed by atoms with Gasteiger partial charge in [-0.25, -0.2) is 9.59 Å². The quantitative estimate of drug-likeness (QED) is 0.316. The molecule has 0 fully saturated rings. The van der Waals surface area contributed by atoms with Crippen molar-refractivity contribution < 1.29 is 24.2 Å². The third kappa shape index (κ3) is 7.10. The molecule has 1 atom stereocenters. The Hall–Kier alpha value is -3.81. The molecule has 0 radical (unpaired) electrons. The van der Waals surface area contributed by atoms with Crippen LogP contribution >= 0.6 is 0 Å². The van der Waals surface area contributed by atoms with Crippen molar-refractivity contribution in [2.45, 2.75) is 39.0 Å². The van der Waals surface area contributed by atoms with E-state index in [0.717, 1.165) is 27.8 Å². The maximum Gasteiger partial charge on any atom is 0.345 e. The highest BCUT2D eigenvalue weighted by Crippen LogP contribution is 2.21. The van der Waals surface area contributed by atoms with Gasteiger partial charge >= 0.3 is 11.9 Å². The number of hydrogen-bond acceptors (Lipinski definition) is 6. The lowest BCUT2D eigenvalue weighted by molar-refractivity contribution is -0.140. The highest BCUT2D eigenvalue weighted by molar-refractivity contribution is 5.98. The largest absolute Gasteiger partial charge is 0.392 e. The number of primary amides is 1. The molecule has 0 unspecified atom stereocenters. The number of aliphatic hydroxyl groups excluding tert-OH is 1. The number of nitrogens with one attached hydrogen (secondary N) is 1. The van der Waals surface area contributed by atoms with Crippen LogP contribution in [0.4, 0.5) is 0 Å². The number of carbonyl (C=O) groups excluding carboxylic acids is 3. The van der Waals surface area contributed by atoms with Crippen LogP contribution in [-0.4, -0.2) is 29.0 Å². The van der Waals surface area contributed by atoms with E-state index in [9.17, 15) is 19.5 Å². The van der Waals surface area contributed by atoms with Crippen molar-refractivity contribution in [3.05, 3.63) is 95.1 Å². The lowest BCUT2D eigenvalue weighted by Crippen LogP contribution is -2.39. The van der Waals surface area contributed by atoms with Crippen LogP contribution in [0.15, 0.2) is 72.8 Å². The van der Waals surface area contributed by atoms with E-state index in [0.29, 0.717) is 6.54 Å². The smallest absolute Gasteiger partial charge is 0.345 e. The molecule has 3 rings (SSSR count). The highest BCUT2D eigenvalue weighted by Gasteiger charge is 2.24. The van der Waals surface area contributed by atoms with Gasteiger partial charge in [0.05, 0.1) is 12.2 Å². The molecule has 7 nitrogen and oxygen atoms in total. The van der Waals surface area contributed by atoms with E-state index < -0.39 is 23.9 Å². The summed E-state index contributed by atoms with van der Waals surface area (Å²) in [5.74, 6) is -2.08. The maximum atomic E-state index is 12.7. The Kier molecular flexibility index (Phi) is 8.67. The average molecular weight is 461 g/mol. The van der Waals surface area contributed by atoms with Gasteiger partial charge in [-0.15, -0.1) is 0 Å². The average Bonchev–Trinajstić information content (AvgIpc) is 2.84. The van der Waals surface area contributed by atoms with Crippen LogP contribution < -0.4 is 11.1 Å². The first-order valence-corrected chi connectivity index (χ1v) is 11.0. The van der Waals surface area contributed by atoms with Gasteiger partial charge in [0.25, 0.3) is 0 Å². The standard InChI is InChI=1S/C27H28N2O5/c1-18-4-2-5-19(14-18)16-29-24(12-13-25(28)31)27(33)34-26(32)22-10-8-21(9-11-22)23-7-3-6-20(15-23)17-30/h2-11,14-15,24,29-30H,12-13,16-17H2,1H3,(H2,28,31)/t24-/m0/s1. The van der Waals surface area contributed by atoms with Gasteiger partial charge < -0.3 is 20.9 Å². The maximum absolute atomic E-state index is 12.7. The fourth-order valence-corrected chi connectivity index (χ4v) is 3.52. The second-order valence-corrected chi connectivity index (χ2v) is 8.07. The van der Waals surface area contributed by atoms with E-state index in [-0.39, 0.29) is 25.0 Å². The van der Waals surface area contributed by atoms with Gasteiger partial charge in [-0.05, 0) is 53.8 Å². The molecule has 0 heterocycles. The van der Waals surface area contributed by atoms with E-state index in [1.165, 1.54) is 0 Å². The number of hydrogen-bond donors (Lipinski definition) is 3. The minimum Gasteiger partial charge on any atom is -0.392 e. The minimum absolute atomic E-state index is 0.0175. The lowest BCUT2D eigenvalue weighted by Gasteiger charge is -2.17. The minimum atomic E-state index is -0.863. The van der Waals surface area contributed by atoms with Crippen LogP contribution in [0.5, 0.6) is 0 Å². The van der Waals surface area contributed by atoms with E-state index in [1.54, 1.807) is 24.3 Å². The van der Waals surface area contributed by atoms with Crippen molar-refractivity contribution in [1.29, 1.82) is 0 Å². The van der Waals surface area contributed by atoms with Crippen LogP contribution in [0, 0.1) is 6.92 Å². The zero-order valence-corrected chi connectivity index (χ0v) is 19.0. The van der Waals surface area contributed by atoms with Gasteiger partial charge in [0.2, 0.25) is 5.91 Å². The molecule has 3 aromatic rings. The van der Waals surface area contributed by atoms with Crippen molar-refractivity contribution >= 4 is 17.8 Å². The first-order chi connectivity index (χ1) is 16.4. The normalized spacial score (nSPS) is 11.6. The molecule has 0 bridgehead atoms. The van der Waals surface area contributed by atoms with E-state index in [2.05, 4.69) is 5.32 Å². The second-order valence-electron chi connectivity index (χ2n) is 8.07. The number of carbonyl (C=O) groups is 3. The Morgan fingerprint density at radius 3 is 2.32 bits per heavy atom. The van der Waals surface area contributed by atoms with Crippen molar-refractivity contribution in [1.82, 2.24) is 5.32 Å². The van der Waals surface area contributed by atoms with Crippen molar-refractivity contribution in [2.24, 2.45) is 5.73 Å². The topological polar surface area (TPSA) is 119 Å². The Bertz CT molecular complexity index is 1160. The molecule has 0 spiro atoms. The molecule has 0 aliphatic carbocycles. The van der Waals surface area contributed by atoms with Gasteiger partial charge in [-0.1, -0.05) is 60.2 Å². The molecule has 0 aliphatic heterocycles. The Balaban J connectivity index is 1.66. The van der Waals surface area contributed by atoms with Crippen LogP contribution in [0.2, 0.25) is 0 Å². The molecular weight excluding hydrogens is 432 g/mol. The fraction of sp³-hybridized carbons (Fsp3) is 0.222. The summed E-state index contributed by atoms with van der Waals surface area (Å²) in [5.41, 5.74) is 10.0. The summed E-state index contributed by atoms with van der Waals surface area (Å²) in [5, 5.41) is 12.4. The lowest BCUT2D eigenvalue weighted by atomic mass is 10.0. The molecule has 3 aromatic carbocycles. The predicted molar refractivity (Wildman–Crippen MR) is 128 cm³/mol. The summed E-state index contributed by atoms with van der Waals surface area (Å²) >= 11 is 0. The summed E-state index contributed by atoms with van der Waals surface area (Å²) in [6.07, 6.45) is 0.101. The van der Waals surface area contributed by atoms with Crippen LogP contribution in [0.1, 0.15) is 39.9 Å². The molecule has 34 heavy (non-hydrogen) atoms. The first-order valence-electron chi connectivity index (χ1n) is 11.0. The molecule has 0 saturated carbocycles. The zero-order valence-electron chi connectivity index (χ0n) is 19.0. The first kappa shape index (κ1) is 24.8. The molecule has 0 aromatic heterocycles. The van der Waals surface area contributed by atoms with Gasteiger partial charge in [-0.2, -0.15) is 0 Å². The molecule has 0 saturated heterocycles. The monoisotopic (exact) mass is 460 g/mol. The number of aryl methyl sites for hydroxylation is 1. The molecule has 176 valence electrons. The van der Waals surface area contributed by atoms with Gasteiger partial charge in [-0.3, -0.25) is 4.79 Å². The third-order valence-electron chi connectivity index (χ3n) is 5.36. The van der Waals surface area contributed by atoms with Crippen LogP contribution in [0.3, 0.4) is 0 Å².